The number of nitrogens with one attached hydrogen (secondary N) is 1. The zero-order chi connectivity index (χ0) is 13.7. The van der Waals surface area contributed by atoms with E-state index in [4.69, 9.17) is 0 Å². The van der Waals surface area contributed by atoms with Crippen LogP contribution in [0.15, 0.2) is 30.3 Å². The summed E-state index contributed by atoms with van der Waals surface area (Å²) < 4.78 is 0. The summed E-state index contributed by atoms with van der Waals surface area (Å²) in [5, 5.41) is 3.86. The Kier molecular flexibility index (Phi) is 5.35. The van der Waals surface area contributed by atoms with Crippen LogP contribution in [0.25, 0.3) is 0 Å². The second-order valence-electron chi connectivity index (χ2n) is 6.46. The van der Waals surface area contributed by atoms with Gasteiger partial charge in [-0.25, -0.2) is 0 Å². The van der Waals surface area contributed by atoms with Gasteiger partial charge in [-0.3, -0.25) is 0 Å². The van der Waals surface area contributed by atoms with E-state index in [9.17, 15) is 0 Å². The lowest BCUT2D eigenvalue weighted by Gasteiger charge is -2.40. The maximum atomic E-state index is 3.86. The molecule has 0 radical (unpaired) electrons. The molecule has 1 fully saturated rings. The molecule has 1 heterocycles. The highest BCUT2D eigenvalue weighted by Gasteiger charge is 2.32. The number of hydrogen-bond donors (Lipinski definition) is 1. The van der Waals surface area contributed by atoms with Gasteiger partial charge >= 0.3 is 0 Å². The van der Waals surface area contributed by atoms with E-state index in [1.54, 1.807) is 0 Å². The van der Waals surface area contributed by atoms with Gasteiger partial charge in [-0.15, -0.1) is 0 Å². The van der Waals surface area contributed by atoms with Crippen LogP contribution in [0.5, 0.6) is 0 Å². The molecule has 1 N–H and O–H groups in total. The van der Waals surface area contributed by atoms with Crippen molar-refractivity contribution in [2.75, 3.05) is 11.5 Å². The SMILES string of the molecule is CC(CCc1ccccc1)NC1CSCCC1(C)C. The highest BCUT2D eigenvalue weighted by molar-refractivity contribution is 7.99. The Hall–Kier alpha value is -0.470. The van der Waals surface area contributed by atoms with E-state index in [2.05, 4.69) is 68.2 Å². The molecule has 2 rings (SSSR count). The molecular weight excluding hydrogens is 250 g/mol. The molecule has 1 aliphatic rings. The van der Waals surface area contributed by atoms with Gasteiger partial charge in [-0.2, -0.15) is 11.8 Å². The summed E-state index contributed by atoms with van der Waals surface area (Å²) in [6.07, 6.45) is 3.73. The standard InChI is InChI=1S/C17H27NS/c1-14(9-10-15-7-5-4-6-8-15)18-16-13-19-12-11-17(16,2)3/h4-8,14,16,18H,9-13H2,1-3H3. The molecule has 0 bridgehead atoms. The van der Waals surface area contributed by atoms with Gasteiger partial charge in [0, 0.05) is 17.8 Å². The quantitative estimate of drug-likeness (QED) is 0.868. The summed E-state index contributed by atoms with van der Waals surface area (Å²) in [6, 6.07) is 12.1. The number of thioether (sulfide) groups is 1. The Morgan fingerprint density at radius 2 is 2.05 bits per heavy atom. The lowest BCUT2D eigenvalue weighted by molar-refractivity contribution is 0.228. The summed E-state index contributed by atoms with van der Waals surface area (Å²) >= 11 is 2.10. The number of benzene rings is 1. The Balaban J connectivity index is 1.79. The van der Waals surface area contributed by atoms with Crippen LogP contribution < -0.4 is 5.32 Å². The maximum Gasteiger partial charge on any atom is 0.0212 e. The molecule has 2 heteroatoms. The first-order valence-electron chi connectivity index (χ1n) is 7.46. The fourth-order valence-corrected chi connectivity index (χ4v) is 4.28. The van der Waals surface area contributed by atoms with Crippen molar-refractivity contribution in [3.63, 3.8) is 0 Å². The van der Waals surface area contributed by atoms with Gasteiger partial charge in [-0.05, 0) is 42.9 Å². The van der Waals surface area contributed by atoms with Crippen molar-refractivity contribution in [3.8, 4) is 0 Å². The lowest BCUT2D eigenvalue weighted by Crippen LogP contribution is -2.49. The smallest absolute Gasteiger partial charge is 0.0212 e. The van der Waals surface area contributed by atoms with E-state index < -0.39 is 0 Å². The molecule has 2 unspecified atom stereocenters. The summed E-state index contributed by atoms with van der Waals surface area (Å²) in [6.45, 7) is 7.15. The second-order valence-corrected chi connectivity index (χ2v) is 7.61. The minimum atomic E-state index is 0.451. The van der Waals surface area contributed by atoms with Gasteiger partial charge in [0.2, 0.25) is 0 Å². The highest BCUT2D eigenvalue weighted by atomic mass is 32.2. The van der Waals surface area contributed by atoms with Crippen LogP contribution in [-0.4, -0.2) is 23.6 Å². The largest absolute Gasteiger partial charge is 0.310 e. The van der Waals surface area contributed by atoms with Crippen LogP contribution >= 0.6 is 11.8 Å². The molecule has 1 nitrogen and oxygen atoms in total. The van der Waals surface area contributed by atoms with E-state index in [-0.39, 0.29) is 0 Å². The number of rotatable bonds is 5. The lowest BCUT2D eigenvalue weighted by atomic mass is 9.82. The third-order valence-electron chi connectivity index (χ3n) is 4.31. The fraction of sp³-hybridized carbons (Fsp3) is 0.647. The van der Waals surface area contributed by atoms with E-state index in [1.807, 2.05) is 0 Å². The molecule has 0 amide bonds. The average molecular weight is 277 g/mol. The first-order valence-corrected chi connectivity index (χ1v) is 8.61. The van der Waals surface area contributed by atoms with Crippen molar-refractivity contribution >= 4 is 11.8 Å². The summed E-state index contributed by atoms with van der Waals surface area (Å²) in [4.78, 5) is 0. The zero-order valence-corrected chi connectivity index (χ0v) is 13.3. The minimum absolute atomic E-state index is 0.451. The summed E-state index contributed by atoms with van der Waals surface area (Å²) in [5.74, 6) is 2.59. The molecule has 106 valence electrons. The van der Waals surface area contributed by atoms with Crippen LogP contribution in [0.4, 0.5) is 0 Å². The normalized spacial score (nSPS) is 24.1. The third-order valence-corrected chi connectivity index (χ3v) is 5.37. The molecule has 2 atom stereocenters. The third kappa shape index (κ3) is 4.54. The first kappa shape index (κ1) is 14.9. The van der Waals surface area contributed by atoms with Crippen LogP contribution in [0.2, 0.25) is 0 Å². The molecule has 19 heavy (non-hydrogen) atoms. The van der Waals surface area contributed by atoms with Crippen molar-refractivity contribution in [2.45, 2.75) is 52.1 Å². The van der Waals surface area contributed by atoms with E-state index in [0.29, 0.717) is 17.5 Å². The van der Waals surface area contributed by atoms with Crippen LogP contribution in [0, 0.1) is 5.41 Å². The number of hydrogen-bond acceptors (Lipinski definition) is 2. The van der Waals surface area contributed by atoms with E-state index in [1.165, 1.54) is 36.3 Å². The molecule has 0 saturated carbocycles. The molecule has 0 spiro atoms. The average Bonchev–Trinajstić information content (AvgIpc) is 2.40. The molecule has 1 aromatic rings. The number of aryl methyl sites for hydroxylation is 1. The summed E-state index contributed by atoms with van der Waals surface area (Å²) in [7, 11) is 0. The van der Waals surface area contributed by atoms with Gasteiger partial charge in [-0.1, -0.05) is 44.2 Å². The van der Waals surface area contributed by atoms with Gasteiger partial charge in [0.05, 0.1) is 0 Å². The predicted octanol–water partition coefficient (Wildman–Crippen LogP) is 4.13. The minimum Gasteiger partial charge on any atom is -0.310 e. The van der Waals surface area contributed by atoms with Crippen molar-refractivity contribution in [3.05, 3.63) is 35.9 Å². The van der Waals surface area contributed by atoms with Crippen molar-refractivity contribution in [1.82, 2.24) is 5.32 Å². The van der Waals surface area contributed by atoms with Crippen molar-refractivity contribution in [1.29, 1.82) is 0 Å². The molecule has 0 aliphatic carbocycles. The Bertz CT molecular complexity index is 374. The molecule has 0 aromatic heterocycles. The first-order chi connectivity index (χ1) is 9.08. The van der Waals surface area contributed by atoms with Gasteiger partial charge < -0.3 is 5.32 Å². The summed E-state index contributed by atoms with van der Waals surface area (Å²) in [5.41, 5.74) is 1.90. The monoisotopic (exact) mass is 277 g/mol. The van der Waals surface area contributed by atoms with Gasteiger partial charge in [0.25, 0.3) is 0 Å². The highest BCUT2D eigenvalue weighted by Crippen LogP contribution is 2.34. The maximum absolute atomic E-state index is 3.86. The molecule has 1 saturated heterocycles. The molecular formula is C17H27NS. The van der Waals surface area contributed by atoms with Gasteiger partial charge in [0.1, 0.15) is 0 Å². The Labute approximate surface area is 122 Å². The predicted molar refractivity (Wildman–Crippen MR) is 86.9 cm³/mol. The zero-order valence-electron chi connectivity index (χ0n) is 12.5. The Morgan fingerprint density at radius 3 is 2.74 bits per heavy atom. The van der Waals surface area contributed by atoms with Crippen LogP contribution in [0.3, 0.4) is 0 Å². The van der Waals surface area contributed by atoms with Crippen molar-refractivity contribution < 1.29 is 0 Å². The van der Waals surface area contributed by atoms with E-state index in [0.717, 1.165) is 0 Å². The molecule has 1 aliphatic heterocycles. The van der Waals surface area contributed by atoms with Crippen molar-refractivity contribution in [2.24, 2.45) is 5.41 Å². The molecule has 1 aromatic carbocycles. The second kappa shape index (κ2) is 6.81. The van der Waals surface area contributed by atoms with Crippen LogP contribution in [0.1, 0.15) is 39.2 Å². The Morgan fingerprint density at radius 1 is 1.32 bits per heavy atom. The fourth-order valence-electron chi connectivity index (χ4n) is 2.66. The topological polar surface area (TPSA) is 12.0 Å². The van der Waals surface area contributed by atoms with Gasteiger partial charge in [0.15, 0.2) is 0 Å². The van der Waals surface area contributed by atoms with E-state index >= 15 is 0 Å². The van der Waals surface area contributed by atoms with Crippen LogP contribution in [-0.2, 0) is 6.42 Å².